The second-order valence-corrected chi connectivity index (χ2v) is 7.39. The summed E-state index contributed by atoms with van der Waals surface area (Å²) in [5.41, 5.74) is 0.724. The van der Waals surface area contributed by atoms with Crippen molar-refractivity contribution in [3.63, 3.8) is 0 Å². The van der Waals surface area contributed by atoms with Gasteiger partial charge >= 0.3 is 0 Å². The van der Waals surface area contributed by atoms with E-state index >= 15 is 0 Å². The maximum absolute atomic E-state index is 12.4. The van der Waals surface area contributed by atoms with Gasteiger partial charge in [-0.3, -0.25) is 19.4 Å². The summed E-state index contributed by atoms with van der Waals surface area (Å²) >= 11 is 0. The molecule has 0 spiro atoms. The Bertz CT molecular complexity index is 636. The van der Waals surface area contributed by atoms with Gasteiger partial charge in [0.15, 0.2) is 5.78 Å². The summed E-state index contributed by atoms with van der Waals surface area (Å²) in [5, 5.41) is 0. The van der Waals surface area contributed by atoms with Crippen LogP contribution < -0.4 is 4.74 Å². The second kappa shape index (κ2) is 10.5. The molecule has 1 aromatic rings. The molecule has 2 heterocycles. The van der Waals surface area contributed by atoms with Crippen LogP contribution in [0, 0.1) is 0 Å². The van der Waals surface area contributed by atoms with E-state index in [0.717, 1.165) is 63.5 Å². The zero-order chi connectivity index (χ0) is 19.8. The fourth-order valence-corrected chi connectivity index (χ4v) is 3.56. The van der Waals surface area contributed by atoms with Crippen molar-refractivity contribution in [2.45, 2.75) is 13.3 Å². The predicted octanol–water partition coefficient (Wildman–Crippen LogP) is 1.13. The minimum Gasteiger partial charge on any atom is -0.494 e. The van der Waals surface area contributed by atoms with Gasteiger partial charge in [0, 0.05) is 58.3 Å². The lowest BCUT2D eigenvalue weighted by molar-refractivity contribution is -0.130. The quantitative estimate of drug-likeness (QED) is 0.491. The summed E-state index contributed by atoms with van der Waals surface area (Å²) in [6.07, 6.45) is 0.942. The van der Waals surface area contributed by atoms with Gasteiger partial charge in [-0.25, -0.2) is 0 Å². The Morgan fingerprint density at radius 1 is 0.964 bits per heavy atom. The van der Waals surface area contributed by atoms with Crippen LogP contribution in [0.5, 0.6) is 5.75 Å². The molecule has 0 aromatic heterocycles. The molecule has 0 N–H and O–H groups in total. The molecular formula is C21H31N3O4. The van der Waals surface area contributed by atoms with Crippen LogP contribution in [0.1, 0.15) is 23.7 Å². The molecule has 0 bridgehead atoms. The lowest BCUT2D eigenvalue weighted by Crippen LogP contribution is -2.48. The van der Waals surface area contributed by atoms with Crippen molar-refractivity contribution in [1.82, 2.24) is 14.7 Å². The van der Waals surface area contributed by atoms with Crippen molar-refractivity contribution in [1.29, 1.82) is 0 Å². The number of piperazine rings is 1. The molecule has 154 valence electrons. The topological polar surface area (TPSA) is 62.3 Å². The summed E-state index contributed by atoms with van der Waals surface area (Å²) in [6, 6.07) is 7.44. The Hall–Kier alpha value is -1.96. The fourth-order valence-electron chi connectivity index (χ4n) is 3.56. The summed E-state index contributed by atoms with van der Waals surface area (Å²) in [4.78, 5) is 30.1. The minimum atomic E-state index is 0.137. The van der Waals surface area contributed by atoms with Gasteiger partial charge in [-0.05, 0) is 30.7 Å². The number of hydrogen-bond acceptors (Lipinski definition) is 6. The van der Waals surface area contributed by atoms with Crippen molar-refractivity contribution in [3.8, 4) is 5.75 Å². The molecule has 0 aliphatic carbocycles. The highest BCUT2D eigenvalue weighted by Crippen LogP contribution is 2.14. The molecule has 7 nitrogen and oxygen atoms in total. The normalized spacial score (nSPS) is 18.8. The van der Waals surface area contributed by atoms with E-state index in [4.69, 9.17) is 9.47 Å². The highest BCUT2D eigenvalue weighted by Gasteiger charge is 2.18. The van der Waals surface area contributed by atoms with Gasteiger partial charge in [0.1, 0.15) is 5.75 Å². The molecule has 28 heavy (non-hydrogen) atoms. The molecular weight excluding hydrogens is 358 g/mol. The van der Waals surface area contributed by atoms with Crippen LogP contribution in [0.15, 0.2) is 24.3 Å². The smallest absolute Gasteiger partial charge is 0.219 e. The predicted molar refractivity (Wildman–Crippen MR) is 107 cm³/mol. The lowest BCUT2D eigenvalue weighted by atomic mass is 10.1. The van der Waals surface area contributed by atoms with Gasteiger partial charge in [-0.1, -0.05) is 0 Å². The van der Waals surface area contributed by atoms with E-state index in [0.29, 0.717) is 26.4 Å². The average molecular weight is 389 g/mol. The summed E-state index contributed by atoms with van der Waals surface area (Å²) in [5.74, 6) is 1.09. The largest absolute Gasteiger partial charge is 0.494 e. The van der Waals surface area contributed by atoms with Gasteiger partial charge in [0.05, 0.1) is 26.4 Å². The molecule has 3 rings (SSSR count). The number of ketones is 1. The van der Waals surface area contributed by atoms with Crippen molar-refractivity contribution < 1.29 is 19.1 Å². The summed E-state index contributed by atoms with van der Waals surface area (Å²) in [7, 11) is 0. The molecule has 0 atom stereocenters. The molecule has 0 saturated carbocycles. The Kier molecular flexibility index (Phi) is 7.82. The molecule has 2 aliphatic rings. The maximum Gasteiger partial charge on any atom is 0.219 e. The van der Waals surface area contributed by atoms with Crippen LogP contribution in [0.4, 0.5) is 0 Å². The monoisotopic (exact) mass is 389 g/mol. The number of carbonyl (C=O) groups excluding carboxylic acids is 2. The minimum absolute atomic E-state index is 0.137. The van der Waals surface area contributed by atoms with Crippen LogP contribution in [-0.4, -0.2) is 98.6 Å². The number of hydrogen-bond donors (Lipinski definition) is 0. The first kappa shape index (κ1) is 20.8. The Balaban J connectivity index is 1.33. The first-order chi connectivity index (χ1) is 13.6. The zero-order valence-electron chi connectivity index (χ0n) is 16.8. The van der Waals surface area contributed by atoms with Crippen molar-refractivity contribution >= 4 is 11.7 Å². The SMILES string of the molecule is CC(=O)N1CCN(CCCOc2ccc(C(=O)CN3CCOCC3)cc2)CC1. The number of ether oxygens (including phenoxy) is 2. The lowest BCUT2D eigenvalue weighted by Gasteiger charge is -2.34. The van der Waals surface area contributed by atoms with E-state index in [1.165, 1.54) is 0 Å². The standard InChI is InChI=1S/C21H31N3O4/c1-18(25)24-10-8-22(9-11-24)7-2-14-28-20-5-3-19(4-6-20)21(26)17-23-12-15-27-16-13-23/h3-6H,2,7-17H2,1H3. The third kappa shape index (κ3) is 6.29. The maximum atomic E-state index is 12.4. The van der Waals surface area contributed by atoms with E-state index in [-0.39, 0.29) is 11.7 Å². The summed E-state index contributed by atoms with van der Waals surface area (Å²) < 4.78 is 11.1. The Morgan fingerprint density at radius 3 is 2.29 bits per heavy atom. The van der Waals surface area contributed by atoms with Crippen LogP contribution in [-0.2, 0) is 9.53 Å². The highest BCUT2D eigenvalue weighted by molar-refractivity contribution is 5.97. The molecule has 0 radical (unpaired) electrons. The molecule has 2 aliphatic heterocycles. The fraction of sp³-hybridized carbons (Fsp3) is 0.619. The number of Topliss-reactive ketones (excluding diaryl/α,β-unsaturated/α-hetero) is 1. The van der Waals surface area contributed by atoms with E-state index in [9.17, 15) is 9.59 Å². The number of nitrogens with zero attached hydrogens (tertiary/aromatic N) is 3. The number of amides is 1. The van der Waals surface area contributed by atoms with E-state index < -0.39 is 0 Å². The van der Waals surface area contributed by atoms with Gasteiger partial charge in [0.2, 0.25) is 5.91 Å². The van der Waals surface area contributed by atoms with Crippen LogP contribution in [0.25, 0.3) is 0 Å². The van der Waals surface area contributed by atoms with E-state index in [2.05, 4.69) is 9.80 Å². The van der Waals surface area contributed by atoms with Crippen LogP contribution in [0.2, 0.25) is 0 Å². The Morgan fingerprint density at radius 2 is 1.64 bits per heavy atom. The third-order valence-electron chi connectivity index (χ3n) is 5.35. The van der Waals surface area contributed by atoms with E-state index in [1.807, 2.05) is 29.2 Å². The van der Waals surface area contributed by atoms with Crippen LogP contribution >= 0.6 is 0 Å². The highest BCUT2D eigenvalue weighted by atomic mass is 16.5. The average Bonchev–Trinajstić information content (AvgIpc) is 2.72. The zero-order valence-corrected chi connectivity index (χ0v) is 16.8. The molecule has 0 unspecified atom stereocenters. The molecule has 1 amide bonds. The third-order valence-corrected chi connectivity index (χ3v) is 5.35. The molecule has 2 saturated heterocycles. The van der Waals surface area contributed by atoms with E-state index in [1.54, 1.807) is 6.92 Å². The van der Waals surface area contributed by atoms with Crippen molar-refractivity contribution in [2.24, 2.45) is 0 Å². The number of benzene rings is 1. The number of rotatable bonds is 8. The number of morpholine rings is 1. The van der Waals surface area contributed by atoms with Crippen molar-refractivity contribution in [2.75, 3.05) is 72.2 Å². The molecule has 1 aromatic carbocycles. The Labute approximate surface area is 167 Å². The second-order valence-electron chi connectivity index (χ2n) is 7.39. The van der Waals surface area contributed by atoms with Gasteiger partial charge < -0.3 is 14.4 Å². The van der Waals surface area contributed by atoms with Crippen molar-refractivity contribution in [3.05, 3.63) is 29.8 Å². The van der Waals surface area contributed by atoms with Gasteiger partial charge in [-0.15, -0.1) is 0 Å². The van der Waals surface area contributed by atoms with Crippen LogP contribution in [0.3, 0.4) is 0 Å². The van der Waals surface area contributed by atoms with Gasteiger partial charge in [-0.2, -0.15) is 0 Å². The molecule has 7 heteroatoms. The van der Waals surface area contributed by atoms with Gasteiger partial charge in [0.25, 0.3) is 0 Å². The first-order valence-corrected chi connectivity index (χ1v) is 10.2. The first-order valence-electron chi connectivity index (χ1n) is 10.2. The molecule has 2 fully saturated rings. The summed E-state index contributed by atoms with van der Waals surface area (Å²) in [6.45, 7) is 10.2. The number of carbonyl (C=O) groups is 2.